The van der Waals surface area contributed by atoms with Gasteiger partial charge in [-0.15, -0.1) is 0 Å². The molecule has 1 heterocycles. The molecule has 16 heavy (non-hydrogen) atoms. The van der Waals surface area contributed by atoms with Gasteiger partial charge >= 0.3 is 5.97 Å². The lowest BCUT2D eigenvalue weighted by Gasteiger charge is -2.18. The fraction of sp³-hybridized carbons (Fsp3) is 0.769. The van der Waals surface area contributed by atoms with Crippen molar-refractivity contribution in [1.29, 1.82) is 0 Å². The first-order valence-corrected chi connectivity index (χ1v) is 6.13. The zero-order valence-electron chi connectivity index (χ0n) is 9.98. The highest BCUT2D eigenvalue weighted by atomic mass is 16.6. The van der Waals surface area contributed by atoms with Crippen LogP contribution in [0.1, 0.15) is 33.1 Å². The smallest absolute Gasteiger partial charge is 0.309 e. The van der Waals surface area contributed by atoms with Crippen molar-refractivity contribution in [1.82, 2.24) is 0 Å². The lowest BCUT2D eigenvalue weighted by Crippen LogP contribution is -2.19. The lowest BCUT2D eigenvalue weighted by atomic mass is 9.87. The van der Waals surface area contributed by atoms with Crippen molar-refractivity contribution in [3.63, 3.8) is 0 Å². The van der Waals surface area contributed by atoms with Gasteiger partial charge in [0.25, 0.3) is 0 Å². The van der Waals surface area contributed by atoms with E-state index < -0.39 is 0 Å². The molecule has 0 aromatic heterocycles. The van der Waals surface area contributed by atoms with Gasteiger partial charge in [0.15, 0.2) is 0 Å². The van der Waals surface area contributed by atoms with Crippen molar-refractivity contribution in [3.8, 4) is 0 Å². The molecule has 0 aromatic rings. The second-order valence-electron chi connectivity index (χ2n) is 5.05. The normalized spacial score (nSPS) is 38.7. The minimum absolute atomic E-state index is 0.0296. The molecule has 0 saturated carbocycles. The van der Waals surface area contributed by atoms with Gasteiger partial charge in [-0.25, -0.2) is 0 Å². The third kappa shape index (κ3) is 2.01. The highest BCUT2D eigenvalue weighted by Gasteiger charge is 2.42. The molecule has 0 bridgehead atoms. The molecule has 1 fully saturated rings. The van der Waals surface area contributed by atoms with Crippen molar-refractivity contribution >= 4 is 5.97 Å². The summed E-state index contributed by atoms with van der Waals surface area (Å²) >= 11 is 0. The maximum Gasteiger partial charge on any atom is 0.309 e. The molecule has 0 spiro atoms. The number of aliphatic hydroxyl groups excluding tert-OH is 1. The Kier molecular flexibility index (Phi) is 3.33. The Morgan fingerprint density at radius 3 is 2.94 bits per heavy atom. The van der Waals surface area contributed by atoms with Gasteiger partial charge in [-0.2, -0.15) is 0 Å². The van der Waals surface area contributed by atoms with Gasteiger partial charge in [-0.05, 0) is 25.2 Å². The van der Waals surface area contributed by atoms with Crippen molar-refractivity contribution in [3.05, 3.63) is 11.6 Å². The summed E-state index contributed by atoms with van der Waals surface area (Å²) in [5.74, 6) is 0.745. The van der Waals surface area contributed by atoms with Crippen LogP contribution in [0.2, 0.25) is 0 Å². The summed E-state index contributed by atoms with van der Waals surface area (Å²) < 4.78 is 5.42. The Morgan fingerprint density at radius 1 is 1.50 bits per heavy atom. The van der Waals surface area contributed by atoms with Crippen LogP contribution in [-0.2, 0) is 9.53 Å². The van der Waals surface area contributed by atoms with E-state index in [1.54, 1.807) is 0 Å². The molecule has 0 unspecified atom stereocenters. The molecule has 1 aliphatic heterocycles. The van der Waals surface area contributed by atoms with Crippen LogP contribution in [0.4, 0.5) is 0 Å². The van der Waals surface area contributed by atoms with Gasteiger partial charge in [0.1, 0.15) is 6.10 Å². The molecule has 0 amide bonds. The van der Waals surface area contributed by atoms with E-state index in [2.05, 4.69) is 13.0 Å². The number of aliphatic hydroxyl groups is 1. The van der Waals surface area contributed by atoms with E-state index in [-0.39, 0.29) is 24.6 Å². The first kappa shape index (κ1) is 11.6. The Labute approximate surface area is 96.5 Å². The highest BCUT2D eigenvalue weighted by Crippen LogP contribution is 2.39. The standard InChI is InChI=1S/C13H20O3/c1-8-7-12-11(9(2)13(15)16-12)4-3-10(8)5-6-14/h3,8-9,11-12,14H,4-7H2,1-2H3/t8-,9+,11+,12-/m0/s1. The number of carbonyl (C=O) groups is 1. The molecule has 3 heteroatoms. The SMILES string of the molecule is C[C@H]1C[C@@H]2OC(=O)[C@H](C)[C@H]2CC=C1CCO. The third-order valence-corrected chi connectivity index (χ3v) is 4.03. The van der Waals surface area contributed by atoms with Crippen LogP contribution in [0.15, 0.2) is 11.6 Å². The largest absolute Gasteiger partial charge is 0.462 e. The molecule has 4 atom stereocenters. The van der Waals surface area contributed by atoms with E-state index >= 15 is 0 Å². The summed E-state index contributed by atoms with van der Waals surface area (Å²) in [4.78, 5) is 11.5. The number of hydrogen-bond acceptors (Lipinski definition) is 3. The van der Waals surface area contributed by atoms with E-state index in [1.807, 2.05) is 6.92 Å². The van der Waals surface area contributed by atoms with Crippen molar-refractivity contribution in [2.45, 2.75) is 39.2 Å². The average molecular weight is 224 g/mol. The number of rotatable bonds is 2. The number of fused-ring (bicyclic) bond motifs is 1. The van der Waals surface area contributed by atoms with Gasteiger partial charge < -0.3 is 9.84 Å². The van der Waals surface area contributed by atoms with Crippen LogP contribution in [0, 0.1) is 17.8 Å². The maximum absolute atomic E-state index is 11.5. The topological polar surface area (TPSA) is 46.5 Å². The molecule has 1 saturated heterocycles. The average Bonchev–Trinajstić information content (AvgIpc) is 2.42. The van der Waals surface area contributed by atoms with E-state index in [0.29, 0.717) is 11.8 Å². The molecule has 2 aliphatic rings. The van der Waals surface area contributed by atoms with E-state index in [1.165, 1.54) is 5.57 Å². The summed E-state index contributed by atoms with van der Waals surface area (Å²) in [5, 5.41) is 9.00. The quantitative estimate of drug-likeness (QED) is 0.575. The monoisotopic (exact) mass is 224 g/mol. The molecule has 0 aromatic carbocycles. The number of esters is 1. The fourth-order valence-corrected chi connectivity index (χ4v) is 2.89. The fourth-order valence-electron chi connectivity index (χ4n) is 2.89. The zero-order valence-corrected chi connectivity index (χ0v) is 9.98. The maximum atomic E-state index is 11.5. The molecule has 1 N–H and O–H groups in total. The lowest BCUT2D eigenvalue weighted by molar-refractivity contribution is -0.144. The van der Waals surface area contributed by atoms with Gasteiger partial charge in [-0.3, -0.25) is 4.79 Å². The summed E-state index contributed by atoms with van der Waals surface area (Å²) in [7, 11) is 0. The first-order chi connectivity index (χ1) is 7.63. The molecule has 0 radical (unpaired) electrons. The van der Waals surface area contributed by atoms with E-state index in [9.17, 15) is 4.79 Å². The van der Waals surface area contributed by atoms with Crippen molar-refractivity contribution < 1.29 is 14.6 Å². The second-order valence-corrected chi connectivity index (χ2v) is 5.05. The summed E-state index contributed by atoms with van der Waals surface area (Å²) in [6.45, 7) is 4.32. The van der Waals surface area contributed by atoms with Gasteiger partial charge in [-0.1, -0.05) is 25.5 Å². The minimum Gasteiger partial charge on any atom is -0.462 e. The minimum atomic E-state index is -0.0405. The van der Waals surface area contributed by atoms with E-state index in [0.717, 1.165) is 19.3 Å². The molecule has 3 nitrogen and oxygen atoms in total. The molecule has 2 rings (SSSR count). The summed E-state index contributed by atoms with van der Waals surface area (Å²) in [6.07, 6.45) is 4.88. The van der Waals surface area contributed by atoms with Crippen molar-refractivity contribution in [2.75, 3.05) is 6.61 Å². The number of hydrogen-bond donors (Lipinski definition) is 1. The highest BCUT2D eigenvalue weighted by molar-refractivity contribution is 5.74. The molecular formula is C13H20O3. The van der Waals surface area contributed by atoms with Crippen LogP contribution in [0.3, 0.4) is 0 Å². The number of ether oxygens (including phenoxy) is 1. The predicted octanol–water partition coefficient (Wildman–Crippen LogP) is 1.90. The van der Waals surface area contributed by atoms with Crippen molar-refractivity contribution in [2.24, 2.45) is 17.8 Å². The Balaban J connectivity index is 2.12. The second kappa shape index (κ2) is 4.58. The molecular weight excluding hydrogens is 204 g/mol. The van der Waals surface area contributed by atoms with Gasteiger partial charge in [0.05, 0.1) is 5.92 Å². The molecule has 90 valence electrons. The van der Waals surface area contributed by atoms with Gasteiger partial charge in [0, 0.05) is 12.5 Å². The Bertz CT molecular complexity index is 308. The van der Waals surface area contributed by atoms with E-state index in [4.69, 9.17) is 9.84 Å². The summed E-state index contributed by atoms with van der Waals surface area (Å²) in [5.41, 5.74) is 1.32. The molecule has 1 aliphatic carbocycles. The van der Waals surface area contributed by atoms with Crippen LogP contribution >= 0.6 is 0 Å². The zero-order chi connectivity index (χ0) is 11.7. The summed E-state index contributed by atoms with van der Waals surface area (Å²) in [6, 6.07) is 0. The van der Waals surface area contributed by atoms with Crippen LogP contribution in [-0.4, -0.2) is 23.8 Å². The Morgan fingerprint density at radius 2 is 2.25 bits per heavy atom. The number of allylic oxidation sites excluding steroid dienone is 1. The first-order valence-electron chi connectivity index (χ1n) is 6.13. The van der Waals surface area contributed by atoms with Crippen LogP contribution < -0.4 is 0 Å². The predicted molar refractivity (Wildman–Crippen MR) is 60.7 cm³/mol. The number of carbonyl (C=O) groups excluding carboxylic acids is 1. The van der Waals surface area contributed by atoms with Crippen LogP contribution in [0.25, 0.3) is 0 Å². The Hall–Kier alpha value is -0.830. The van der Waals surface area contributed by atoms with Gasteiger partial charge in [0.2, 0.25) is 0 Å². The third-order valence-electron chi connectivity index (χ3n) is 4.03. The van der Waals surface area contributed by atoms with Crippen LogP contribution in [0.5, 0.6) is 0 Å².